The molecule has 182 valence electrons. The lowest BCUT2D eigenvalue weighted by Gasteiger charge is -2.16. The molecule has 4 rings (SSSR count). The van der Waals surface area contributed by atoms with Crippen LogP contribution in [0.4, 0.5) is 21.5 Å². The van der Waals surface area contributed by atoms with Crippen molar-refractivity contribution in [3.8, 4) is 0 Å². The summed E-state index contributed by atoms with van der Waals surface area (Å²) in [5.41, 5.74) is 0.849. The minimum atomic E-state index is -0.758. The predicted octanol–water partition coefficient (Wildman–Crippen LogP) is 4.69. The summed E-state index contributed by atoms with van der Waals surface area (Å²) in [5, 5.41) is 4.96. The van der Waals surface area contributed by atoms with Crippen molar-refractivity contribution in [3.63, 3.8) is 0 Å². The number of hydrogen-bond donors (Lipinski definition) is 2. The third-order valence-electron chi connectivity index (χ3n) is 5.18. The molecule has 10 heteroatoms. The average Bonchev–Trinajstić information content (AvgIpc) is 3.09. The molecular formula is C26H19ClFN3O5. The highest BCUT2D eigenvalue weighted by Gasteiger charge is 2.39. The van der Waals surface area contributed by atoms with Gasteiger partial charge in [0, 0.05) is 11.3 Å². The number of carbonyl (C=O) groups is 4. The zero-order valence-corrected chi connectivity index (χ0v) is 19.6. The van der Waals surface area contributed by atoms with Gasteiger partial charge in [0.1, 0.15) is 16.5 Å². The maximum absolute atomic E-state index is 13.8. The van der Waals surface area contributed by atoms with E-state index in [1.165, 1.54) is 66.7 Å². The van der Waals surface area contributed by atoms with Crippen molar-refractivity contribution in [2.45, 2.75) is 6.92 Å². The van der Waals surface area contributed by atoms with Crippen molar-refractivity contribution in [1.82, 2.24) is 0 Å². The Morgan fingerprint density at radius 1 is 0.944 bits per heavy atom. The second kappa shape index (κ2) is 10.4. The second-order valence-corrected chi connectivity index (χ2v) is 7.92. The van der Waals surface area contributed by atoms with Crippen LogP contribution in [-0.4, -0.2) is 30.3 Å². The summed E-state index contributed by atoms with van der Waals surface area (Å²) in [7, 11) is 0. The maximum Gasteiger partial charge on any atom is 0.338 e. The number of amides is 3. The Morgan fingerprint density at radius 3 is 2.36 bits per heavy atom. The summed E-state index contributed by atoms with van der Waals surface area (Å²) in [6.45, 7) is 1.84. The number of imide groups is 1. The Balaban J connectivity index is 1.49. The molecule has 0 atom stereocenters. The molecule has 0 radical (unpaired) electrons. The molecule has 0 spiro atoms. The molecule has 0 fully saturated rings. The van der Waals surface area contributed by atoms with E-state index in [0.29, 0.717) is 5.69 Å². The summed E-state index contributed by atoms with van der Waals surface area (Å²) < 4.78 is 18.7. The molecule has 0 aromatic heterocycles. The number of nitrogens with one attached hydrogen (secondary N) is 2. The molecule has 3 amide bonds. The molecule has 36 heavy (non-hydrogen) atoms. The van der Waals surface area contributed by atoms with Gasteiger partial charge >= 0.3 is 5.97 Å². The van der Waals surface area contributed by atoms with E-state index in [1.807, 2.05) is 0 Å². The van der Waals surface area contributed by atoms with Gasteiger partial charge < -0.3 is 15.4 Å². The van der Waals surface area contributed by atoms with Gasteiger partial charge in [-0.25, -0.2) is 14.1 Å². The van der Waals surface area contributed by atoms with E-state index >= 15 is 0 Å². The van der Waals surface area contributed by atoms with Crippen molar-refractivity contribution in [3.05, 3.63) is 100 Å². The molecule has 2 N–H and O–H groups in total. The third kappa shape index (κ3) is 4.96. The van der Waals surface area contributed by atoms with E-state index in [2.05, 4.69) is 10.6 Å². The van der Waals surface area contributed by atoms with Crippen LogP contribution >= 0.6 is 11.6 Å². The van der Waals surface area contributed by atoms with Crippen LogP contribution in [0.15, 0.2) is 83.5 Å². The summed E-state index contributed by atoms with van der Waals surface area (Å²) in [6.07, 6.45) is 0. The first-order valence-corrected chi connectivity index (χ1v) is 11.2. The van der Waals surface area contributed by atoms with E-state index in [4.69, 9.17) is 16.3 Å². The number of halogens is 2. The highest BCUT2D eigenvalue weighted by Crippen LogP contribution is 2.31. The van der Waals surface area contributed by atoms with Crippen molar-refractivity contribution in [1.29, 1.82) is 0 Å². The number of ether oxygens (including phenoxy) is 1. The van der Waals surface area contributed by atoms with Gasteiger partial charge in [0.05, 0.1) is 23.5 Å². The average molecular weight is 508 g/mol. The predicted molar refractivity (Wildman–Crippen MR) is 132 cm³/mol. The Labute approximate surface area is 210 Å². The van der Waals surface area contributed by atoms with Crippen molar-refractivity contribution in [2.75, 3.05) is 22.1 Å². The van der Waals surface area contributed by atoms with Crippen molar-refractivity contribution < 1.29 is 28.3 Å². The van der Waals surface area contributed by atoms with Gasteiger partial charge in [-0.15, -0.1) is 0 Å². The summed E-state index contributed by atoms with van der Waals surface area (Å²) >= 11 is 6.17. The highest BCUT2D eigenvalue weighted by atomic mass is 35.5. The molecule has 8 nitrogen and oxygen atoms in total. The first-order valence-electron chi connectivity index (χ1n) is 10.8. The fourth-order valence-corrected chi connectivity index (χ4v) is 3.65. The normalized spacial score (nSPS) is 13.1. The van der Waals surface area contributed by atoms with Crippen LogP contribution in [0.5, 0.6) is 0 Å². The van der Waals surface area contributed by atoms with Gasteiger partial charge in [0.25, 0.3) is 17.7 Å². The Hall–Kier alpha value is -4.50. The molecular weight excluding hydrogens is 489 g/mol. The lowest BCUT2D eigenvalue weighted by atomic mass is 10.1. The van der Waals surface area contributed by atoms with E-state index < -0.39 is 29.5 Å². The summed E-state index contributed by atoms with van der Waals surface area (Å²) in [5.74, 6) is -3.15. The maximum atomic E-state index is 13.8. The van der Waals surface area contributed by atoms with Gasteiger partial charge in [0.2, 0.25) is 0 Å². The van der Waals surface area contributed by atoms with Crippen LogP contribution in [0, 0.1) is 5.82 Å². The molecule has 1 aliphatic heterocycles. The van der Waals surface area contributed by atoms with Crippen molar-refractivity contribution in [2.24, 2.45) is 0 Å². The van der Waals surface area contributed by atoms with Gasteiger partial charge in [-0.2, -0.15) is 0 Å². The van der Waals surface area contributed by atoms with Gasteiger partial charge in [-0.1, -0.05) is 29.8 Å². The number of hydrogen-bond acceptors (Lipinski definition) is 6. The zero-order valence-electron chi connectivity index (χ0n) is 18.9. The van der Waals surface area contributed by atoms with Crippen LogP contribution in [0.3, 0.4) is 0 Å². The van der Waals surface area contributed by atoms with Crippen LogP contribution in [-0.2, 0) is 14.3 Å². The molecule has 0 saturated heterocycles. The number of nitrogens with zero attached hydrogens (tertiary/aromatic N) is 1. The van der Waals surface area contributed by atoms with E-state index in [-0.39, 0.29) is 39.8 Å². The highest BCUT2D eigenvalue weighted by molar-refractivity contribution is 6.53. The molecule has 1 aliphatic rings. The molecule has 0 saturated carbocycles. The van der Waals surface area contributed by atoms with Crippen molar-refractivity contribution >= 4 is 52.4 Å². The Bertz CT molecular complexity index is 1400. The molecule has 1 heterocycles. The second-order valence-electron chi connectivity index (χ2n) is 7.54. The first kappa shape index (κ1) is 24.6. The lowest BCUT2D eigenvalue weighted by Crippen LogP contribution is -2.32. The SMILES string of the molecule is CCOC(=O)c1cccc(N2C(=O)C(Cl)=C(Nc3ccc(C(=O)Nc4ccccc4F)cc3)C2=O)c1. The van der Waals surface area contributed by atoms with Gasteiger partial charge in [-0.05, 0) is 61.5 Å². The molecule has 3 aromatic carbocycles. The summed E-state index contributed by atoms with van der Waals surface area (Å²) in [4.78, 5) is 51.1. The molecule has 0 bridgehead atoms. The zero-order chi connectivity index (χ0) is 25.8. The number of anilines is 3. The van der Waals surface area contributed by atoms with Crippen LogP contribution in [0.25, 0.3) is 0 Å². The smallest absolute Gasteiger partial charge is 0.338 e. The van der Waals surface area contributed by atoms with Gasteiger partial charge in [0.15, 0.2) is 0 Å². The Kier molecular flexibility index (Phi) is 7.12. The third-order valence-corrected chi connectivity index (χ3v) is 5.53. The fraction of sp³-hybridized carbons (Fsp3) is 0.0769. The molecule has 0 unspecified atom stereocenters. The van der Waals surface area contributed by atoms with Crippen LogP contribution in [0.1, 0.15) is 27.6 Å². The van der Waals surface area contributed by atoms with Crippen LogP contribution in [0.2, 0.25) is 0 Å². The van der Waals surface area contributed by atoms with Gasteiger partial charge in [-0.3, -0.25) is 14.4 Å². The monoisotopic (exact) mass is 507 g/mol. The van der Waals surface area contributed by atoms with Crippen LogP contribution < -0.4 is 15.5 Å². The Morgan fingerprint density at radius 2 is 1.67 bits per heavy atom. The minimum absolute atomic E-state index is 0.0452. The number of para-hydroxylation sites is 1. The quantitative estimate of drug-likeness (QED) is 0.355. The molecule has 3 aromatic rings. The fourth-order valence-electron chi connectivity index (χ4n) is 3.44. The largest absolute Gasteiger partial charge is 0.462 e. The number of rotatable bonds is 7. The molecule has 0 aliphatic carbocycles. The number of carbonyl (C=O) groups excluding carboxylic acids is 4. The van der Waals surface area contributed by atoms with E-state index in [9.17, 15) is 23.6 Å². The lowest BCUT2D eigenvalue weighted by molar-refractivity contribution is -0.120. The standard InChI is InChI=1S/C26H19ClFN3O5/c1-2-36-26(35)16-6-5-7-18(14-16)31-24(33)21(27)22(25(31)34)29-17-12-10-15(11-13-17)23(32)30-20-9-4-3-8-19(20)28/h3-14,29H,2H2,1H3,(H,30,32). The summed E-state index contributed by atoms with van der Waals surface area (Å²) in [6, 6.07) is 17.6. The van der Waals surface area contributed by atoms with E-state index in [1.54, 1.807) is 13.0 Å². The first-order chi connectivity index (χ1) is 17.3. The number of benzene rings is 3. The topological polar surface area (TPSA) is 105 Å². The minimum Gasteiger partial charge on any atom is -0.462 e. The number of esters is 1. The van der Waals surface area contributed by atoms with E-state index in [0.717, 1.165) is 4.90 Å².